The predicted molar refractivity (Wildman–Crippen MR) is 86.5 cm³/mol. The summed E-state index contributed by atoms with van der Waals surface area (Å²) in [6.07, 6.45) is 3.40. The van der Waals surface area contributed by atoms with E-state index in [0.717, 1.165) is 40.8 Å². The van der Waals surface area contributed by atoms with Gasteiger partial charge in [-0.1, -0.05) is 27.4 Å². The average Bonchev–Trinajstić information content (AvgIpc) is 2.75. The van der Waals surface area contributed by atoms with Crippen molar-refractivity contribution >= 4 is 16.8 Å². The number of nitrogens with one attached hydrogen (secondary N) is 1. The molecular weight excluding hydrogens is 276 g/mol. The maximum Gasteiger partial charge on any atom is 0.233 e. The van der Waals surface area contributed by atoms with Crippen LogP contribution in [0.4, 0.5) is 0 Å². The van der Waals surface area contributed by atoms with Gasteiger partial charge in [0.25, 0.3) is 0 Å². The molecule has 0 saturated carbocycles. The van der Waals surface area contributed by atoms with Crippen molar-refractivity contribution in [2.45, 2.75) is 44.9 Å². The van der Waals surface area contributed by atoms with Crippen LogP contribution in [0.3, 0.4) is 0 Å². The molecule has 0 radical (unpaired) electrons. The summed E-state index contributed by atoms with van der Waals surface area (Å²) in [5.74, 6) is -0.243. The van der Waals surface area contributed by atoms with Crippen molar-refractivity contribution in [1.82, 2.24) is 20.1 Å². The molecule has 1 fully saturated rings. The molecule has 5 nitrogen and oxygen atoms in total. The molecule has 1 saturated heterocycles. The van der Waals surface area contributed by atoms with Gasteiger partial charge in [-0.3, -0.25) is 14.5 Å². The highest BCUT2D eigenvalue weighted by Gasteiger charge is 2.30. The van der Waals surface area contributed by atoms with Gasteiger partial charge >= 0.3 is 0 Å². The Kier molecular flexibility index (Phi) is 3.31. The lowest BCUT2D eigenvalue weighted by atomic mass is 9.90. The SMILES string of the molecule is C=C1CCC(c2nn(C)c3cc(C(C)(C)C)ncc23)C(=O)N1. The number of amides is 1. The molecule has 1 N–H and O–H groups in total. The summed E-state index contributed by atoms with van der Waals surface area (Å²) >= 11 is 0. The third kappa shape index (κ3) is 2.40. The van der Waals surface area contributed by atoms with Crippen LogP contribution in [0.25, 0.3) is 10.9 Å². The third-order valence-electron chi connectivity index (χ3n) is 4.21. The highest BCUT2D eigenvalue weighted by molar-refractivity contribution is 5.92. The maximum atomic E-state index is 12.2. The first-order chi connectivity index (χ1) is 10.3. The molecule has 22 heavy (non-hydrogen) atoms. The van der Waals surface area contributed by atoms with Crippen molar-refractivity contribution in [3.63, 3.8) is 0 Å². The zero-order valence-corrected chi connectivity index (χ0v) is 13.6. The second-order valence-corrected chi connectivity index (χ2v) is 7.03. The van der Waals surface area contributed by atoms with Gasteiger partial charge in [0, 0.05) is 35.4 Å². The summed E-state index contributed by atoms with van der Waals surface area (Å²) < 4.78 is 1.85. The standard InChI is InChI=1S/C17H22N4O/c1-10-6-7-11(16(22)19-10)15-12-9-18-14(17(2,3)4)8-13(12)21(5)20-15/h8-9,11H,1,6-7H2,2-5H3,(H,19,22). The van der Waals surface area contributed by atoms with E-state index in [2.05, 4.69) is 48.8 Å². The van der Waals surface area contributed by atoms with E-state index in [1.807, 2.05) is 17.9 Å². The number of nitrogens with zero attached hydrogens (tertiary/aromatic N) is 3. The summed E-state index contributed by atoms with van der Waals surface area (Å²) in [6.45, 7) is 10.2. The van der Waals surface area contributed by atoms with Crippen LogP contribution in [0, 0.1) is 0 Å². The molecule has 0 aliphatic carbocycles. The molecule has 1 atom stereocenters. The Morgan fingerprint density at radius 3 is 2.77 bits per heavy atom. The number of pyridine rings is 1. The number of aromatic nitrogens is 3. The molecule has 1 aliphatic heterocycles. The van der Waals surface area contributed by atoms with E-state index in [1.54, 1.807) is 0 Å². The lowest BCUT2D eigenvalue weighted by Crippen LogP contribution is -2.33. The normalized spacial score (nSPS) is 19.5. The first-order valence-electron chi connectivity index (χ1n) is 7.59. The first-order valence-corrected chi connectivity index (χ1v) is 7.59. The smallest absolute Gasteiger partial charge is 0.233 e. The van der Waals surface area contributed by atoms with Gasteiger partial charge in [0.05, 0.1) is 17.1 Å². The van der Waals surface area contributed by atoms with Crippen molar-refractivity contribution in [1.29, 1.82) is 0 Å². The fourth-order valence-electron chi connectivity index (χ4n) is 2.88. The molecule has 0 aromatic carbocycles. The van der Waals surface area contributed by atoms with E-state index in [-0.39, 0.29) is 17.2 Å². The summed E-state index contributed by atoms with van der Waals surface area (Å²) in [6, 6.07) is 2.07. The summed E-state index contributed by atoms with van der Waals surface area (Å²) in [5.41, 5.74) is 3.63. The van der Waals surface area contributed by atoms with Crippen LogP contribution in [-0.2, 0) is 17.3 Å². The third-order valence-corrected chi connectivity index (χ3v) is 4.21. The molecule has 1 aliphatic rings. The van der Waals surface area contributed by atoms with Crippen LogP contribution in [0.5, 0.6) is 0 Å². The minimum Gasteiger partial charge on any atom is -0.330 e. The largest absolute Gasteiger partial charge is 0.330 e. The van der Waals surface area contributed by atoms with Crippen molar-refractivity contribution in [2.75, 3.05) is 0 Å². The minimum atomic E-state index is -0.225. The number of carbonyl (C=O) groups excluding carboxylic acids is 1. The number of hydrogen-bond acceptors (Lipinski definition) is 3. The number of carbonyl (C=O) groups is 1. The molecule has 1 amide bonds. The van der Waals surface area contributed by atoms with Crippen molar-refractivity contribution in [3.05, 3.63) is 35.9 Å². The van der Waals surface area contributed by atoms with Crippen LogP contribution in [0.15, 0.2) is 24.5 Å². The molecule has 3 heterocycles. The van der Waals surface area contributed by atoms with E-state index in [1.165, 1.54) is 0 Å². The van der Waals surface area contributed by atoms with Gasteiger partial charge in [0.1, 0.15) is 0 Å². The van der Waals surface area contributed by atoms with Gasteiger partial charge < -0.3 is 5.32 Å². The van der Waals surface area contributed by atoms with E-state index in [0.29, 0.717) is 0 Å². The Morgan fingerprint density at radius 1 is 1.41 bits per heavy atom. The van der Waals surface area contributed by atoms with Gasteiger partial charge in [-0.05, 0) is 18.9 Å². The Hall–Kier alpha value is -2.17. The second kappa shape index (κ2) is 4.93. The summed E-state index contributed by atoms with van der Waals surface area (Å²) in [4.78, 5) is 16.8. The predicted octanol–water partition coefficient (Wildman–Crippen LogP) is 2.77. The van der Waals surface area contributed by atoms with Crippen molar-refractivity contribution in [2.24, 2.45) is 7.05 Å². The number of rotatable bonds is 1. The number of fused-ring (bicyclic) bond motifs is 1. The maximum absolute atomic E-state index is 12.2. The number of aryl methyl sites for hydroxylation is 1. The van der Waals surface area contributed by atoms with Crippen LogP contribution in [0.1, 0.15) is 50.9 Å². The molecule has 0 spiro atoms. The molecule has 2 aromatic rings. The number of hydrogen-bond donors (Lipinski definition) is 1. The Morgan fingerprint density at radius 2 is 2.14 bits per heavy atom. The molecule has 5 heteroatoms. The molecule has 3 rings (SSSR count). The zero-order chi connectivity index (χ0) is 16.1. The molecule has 2 aromatic heterocycles. The monoisotopic (exact) mass is 298 g/mol. The fraction of sp³-hybridized carbons (Fsp3) is 0.471. The highest BCUT2D eigenvalue weighted by Crippen LogP contribution is 2.32. The molecular formula is C17H22N4O. The molecule has 116 valence electrons. The van der Waals surface area contributed by atoms with E-state index in [4.69, 9.17) is 0 Å². The van der Waals surface area contributed by atoms with Crippen LogP contribution < -0.4 is 5.32 Å². The van der Waals surface area contributed by atoms with Crippen molar-refractivity contribution in [3.8, 4) is 0 Å². The molecule has 1 unspecified atom stereocenters. The van der Waals surface area contributed by atoms with E-state index >= 15 is 0 Å². The van der Waals surface area contributed by atoms with Gasteiger partial charge in [-0.15, -0.1) is 0 Å². The van der Waals surface area contributed by atoms with Crippen LogP contribution in [-0.4, -0.2) is 20.7 Å². The first kappa shape index (κ1) is 14.8. The minimum absolute atomic E-state index is 0.0153. The van der Waals surface area contributed by atoms with Gasteiger partial charge in [-0.25, -0.2) is 0 Å². The Labute approximate surface area is 130 Å². The van der Waals surface area contributed by atoms with Gasteiger partial charge in [0.2, 0.25) is 5.91 Å². The topological polar surface area (TPSA) is 59.8 Å². The number of allylic oxidation sites excluding steroid dienone is 1. The Bertz CT molecular complexity index is 767. The second-order valence-electron chi connectivity index (χ2n) is 7.03. The van der Waals surface area contributed by atoms with E-state index < -0.39 is 0 Å². The zero-order valence-electron chi connectivity index (χ0n) is 13.6. The summed E-state index contributed by atoms with van der Waals surface area (Å²) in [7, 11) is 1.91. The van der Waals surface area contributed by atoms with Crippen LogP contribution >= 0.6 is 0 Å². The summed E-state index contributed by atoms with van der Waals surface area (Å²) in [5, 5.41) is 8.39. The fourth-order valence-corrected chi connectivity index (χ4v) is 2.88. The highest BCUT2D eigenvalue weighted by atomic mass is 16.2. The molecule has 0 bridgehead atoms. The average molecular weight is 298 g/mol. The van der Waals surface area contributed by atoms with Crippen LogP contribution in [0.2, 0.25) is 0 Å². The van der Waals surface area contributed by atoms with E-state index in [9.17, 15) is 4.79 Å². The quantitative estimate of drug-likeness (QED) is 0.880. The van der Waals surface area contributed by atoms with Gasteiger partial charge in [0.15, 0.2) is 0 Å². The Balaban J connectivity index is 2.09. The number of piperidine rings is 1. The van der Waals surface area contributed by atoms with Crippen molar-refractivity contribution < 1.29 is 4.79 Å². The lowest BCUT2D eigenvalue weighted by Gasteiger charge is -2.22. The lowest BCUT2D eigenvalue weighted by molar-refractivity contribution is -0.122. The van der Waals surface area contributed by atoms with Gasteiger partial charge in [-0.2, -0.15) is 5.10 Å².